The van der Waals surface area contributed by atoms with Crippen molar-refractivity contribution in [1.82, 2.24) is 4.90 Å². The van der Waals surface area contributed by atoms with Crippen molar-refractivity contribution in [3.8, 4) is 0 Å². The van der Waals surface area contributed by atoms with Crippen LogP contribution in [0.5, 0.6) is 0 Å². The summed E-state index contributed by atoms with van der Waals surface area (Å²) in [6.45, 7) is 27.6. The third-order valence-corrected chi connectivity index (χ3v) is 19.6. The molecule has 12 nitrogen and oxygen atoms in total. The zero-order valence-corrected chi connectivity index (χ0v) is 42.7. The number of ketones is 2. The first-order valence-electron chi connectivity index (χ1n) is 24.3. The first-order chi connectivity index (χ1) is 30.0. The molecule has 0 aromatic carbocycles. The van der Waals surface area contributed by atoms with Gasteiger partial charge in [0.15, 0.2) is 8.32 Å². The number of piperidine rings is 1. The summed E-state index contributed by atoms with van der Waals surface area (Å²) in [5.41, 5.74) is 1.96. The lowest BCUT2D eigenvalue weighted by Gasteiger charge is -2.47. The van der Waals surface area contributed by atoms with Crippen LogP contribution in [0.15, 0.2) is 36.0 Å². The molecule has 13 atom stereocenters. The number of carbonyl (C=O) groups excluding carboxylic acids is 4. The number of allylic oxidation sites excluding steroid dienone is 3. The summed E-state index contributed by atoms with van der Waals surface area (Å²) in [5.74, 6) is -6.11. The van der Waals surface area contributed by atoms with Crippen LogP contribution in [0, 0.1) is 29.6 Å². The Labute approximate surface area is 386 Å². The highest BCUT2D eigenvalue weighted by molar-refractivity contribution is 6.74. The summed E-state index contributed by atoms with van der Waals surface area (Å²) < 4.78 is 37.9. The van der Waals surface area contributed by atoms with E-state index in [9.17, 15) is 24.3 Å². The largest absolute Gasteiger partial charge is 0.456 e. The maximum atomic E-state index is 14.5. The summed E-state index contributed by atoms with van der Waals surface area (Å²) in [4.78, 5) is 58.5. The van der Waals surface area contributed by atoms with E-state index in [2.05, 4.69) is 59.5 Å². The van der Waals surface area contributed by atoms with Crippen molar-refractivity contribution in [2.24, 2.45) is 29.6 Å². The van der Waals surface area contributed by atoms with Crippen molar-refractivity contribution < 1.29 is 52.4 Å². The molecule has 364 valence electrons. The molecule has 2 bridgehead atoms. The number of amides is 1. The van der Waals surface area contributed by atoms with Crippen LogP contribution < -0.4 is 0 Å². The lowest BCUT2D eigenvalue weighted by Crippen LogP contribution is -2.64. The van der Waals surface area contributed by atoms with Crippen LogP contribution in [0.3, 0.4) is 0 Å². The molecule has 13 unspecified atom stereocenters. The number of fused-ring (bicyclic) bond motifs is 3. The Bertz CT molecular complexity index is 1670. The fourth-order valence-electron chi connectivity index (χ4n) is 10.2. The molecule has 0 spiro atoms. The van der Waals surface area contributed by atoms with Crippen LogP contribution in [-0.4, -0.2) is 118 Å². The molecule has 1 saturated carbocycles. The second kappa shape index (κ2) is 23.5. The summed E-state index contributed by atoms with van der Waals surface area (Å²) in [7, 11) is 1.04. The van der Waals surface area contributed by atoms with Gasteiger partial charge in [0.1, 0.15) is 24.0 Å². The van der Waals surface area contributed by atoms with Crippen molar-refractivity contribution in [2.75, 3.05) is 27.4 Å². The summed E-state index contributed by atoms with van der Waals surface area (Å²) >= 11 is 0. The van der Waals surface area contributed by atoms with Crippen molar-refractivity contribution in [3.05, 3.63) is 36.0 Å². The Morgan fingerprint density at radius 1 is 0.969 bits per heavy atom. The third-order valence-electron chi connectivity index (χ3n) is 15.1. The van der Waals surface area contributed by atoms with Gasteiger partial charge in [-0.2, -0.15) is 0 Å². The maximum absolute atomic E-state index is 14.5. The van der Waals surface area contributed by atoms with E-state index in [0.29, 0.717) is 58.0 Å². The fourth-order valence-corrected chi connectivity index (χ4v) is 11.6. The number of ether oxygens (including phenoxy) is 5. The number of cyclic esters (lactones) is 1. The molecule has 1 aliphatic carbocycles. The standard InChI is InChI=1S/C51H85NO11Si/c1-15-25-60-42-31-37(21-23-41(42)63-64(13,14)50(8,9)10)29-35(6)45-34(5)20-22-40(53)38(16-2)27-32(3)26-33(4)28-43(58-11)46-44(59-12)30-36(7)51(57,62-46)47(54)48(55)52-24-18-17-19-39(52)49(56)61-45/h15,27,29,33-34,36-39,41-46,57H,1,16-26,28,30-31H2,2-14H3/b32-27+,35-29?. The molecule has 64 heavy (non-hydrogen) atoms. The van der Waals surface area contributed by atoms with Crippen LogP contribution in [0.2, 0.25) is 18.1 Å². The average molecular weight is 916 g/mol. The molecule has 0 aromatic rings. The van der Waals surface area contributed by atoms with E-state index in [1.54, 1.807) is 27.2 Å². The molecule has 3 heterocycles. The number of hydrogen-bond donors (Lipinski definition) is 1. The van der Waals surface area contributed by atoms with Crippen LogP contribution in [0.1, 0.15) is 139 Å². The van der Waals surface area contributed by atoms with Crippen molar-refractivity contribution in [3.63, 3.8) is 0 Å². The number of hydrogen-bond acceptors (Lipinski definition) is 11. The van der Waals surface area contributed by atoms with Crippen molar-refractivity contribution >= 4 is 31.8 Å². The number of rotatable bonds is 10. The number of aliphatic hydroxyl groups is 1. The molecule has 2 saturated heterocycles. The SMILES string of the molecule is C=CCOC1CC(C=C(C)C2OC(=O)C3CCCCN3C(=O)C(=O)C3(O)OC(C(OC)CC(C)C/C(C)=C/C(CC)C(=O)CCC2C)C(OC)CC3C)CCC1O[Si](C)(C)C(C)(C)C. The average Bonchev–Trinajstić information content (AvgIpc) is 3.24. The quantitative estimate of drug-likeness (QED) is 0.0969. The maximum Gasteiger partial charge on any atom is 0.329 e. The predicted molar refractivity (Wildman–Crippen MR) is 252 cm³/mol. The Hall–Kier alpha value is -2.52. The Kier molecular flexibility index (Phi) is 19.8. The smallest absolute Gasteiger partial charge is 0.329 e. The Morgan fingerprint density at radius 2 is 1.64 bits per heavy atom. The van der Waals surface area contributed by atoms with Gasteiger partial charge in [0, 0.05) is 39.0 Å². The lowest BCUT2D eigenvalue weighted by atomic mass is 9.82. The lowest BCUT2D eigenvalue weighted by molar-refractivity contribution is -0.302. The molecule has 4 aliphatic rings. The molecule has 0 radical (unpaired) electrons. The molecular weight excluding hydrogens is 831 g/mol. The van der Waals surface area contributed by atoms with Gasteiger partial charge in [-0.15, -0.1) is 6.58 Å². The molecule has 3 fully saturated rings. The first kappa shape index (κ1) is 54.1. The topological polar surface area (TPSA) is 147 Å². The van der Waals surface area contributed by atoms with E-state index >= 15 is 0 Å². The van der Waals surface area contributed by atoms with E-state index < -0.39 is 68.1 Å². The number of carbonyl (C=O) groups is 4. The van der Waals surface area contributed by atoms with Gasteiger partial charge in [0.05, 0.1) is 31.0 Å². The number of methoxy groups -OCH3 is 2. The minimum absolute atomic E-state index is 0.0403. The minimum atomic E-state index is -2.47. The van der Waals surface area contributed by atoms with Crippen LogP contribution >= 0.6 is 0 Å². The molecule has 1 amide bonds. The second-order valence-electron chi connectivity index (χ2n) is 21.3. The summed E-state index contributed by atoms with van der Waals surface area (Å²) in [6.07, 6.45) is 10.1. The Balaban J connectivity index is 1.72. The fraction of sp³-hybridized carbons (Fsp3) is 0.804. The normalized spacial score (nSPS) is 37.2. The van der Waals surface area contributed by atoms with E-state index in [1.807, 2.05) is 27.7 Å². The zero-order chi connectivity index (χ0) is 47.7. The van der Waals surface area contributed by atoms with E-state index in [0.717, 1.165) is 30.4 Å². The van der Waals surface area contributed by atoms with Gasteiger partial charge in [-0.3, -0.25) is 14.4 Å². The highest BCUT2D eigenvalue weighted by Crippen LogP contribution is 2.42. The number of nitrogens with zero attached hydrogens (tertiary/aromatic N) is 1. The van der Waals surface area contributed by atoms with Gasteiger partial charge < -0.3 is 38.1 Å². The number of Topliss-reactive ketones (excluding diaryl/α,β-unsaturated/α-hetero) is 2. The van der Waals surface area contributed by atoms with Gasteiger partial charge >= 0.3 is 5.97 Å². The van der Waals surface area contributed by atoms with Gasteiger partial charge in [0.2, 0.25) is 5.79 Å². The van der Waals surface area contributed by atoms with Gasteiger partial charge in [-0.25, -0.2) is 4.79 Å². The van der Waals surface area contributed by atoms with E-state index in [4.69, 9.17) is 28.1 Å². The molecule has 0 aromatic heterocycles. The second-order valence-corrected chi connectivity index (χ2v) is 26.0. The highest BCUT2D eigenvalue weighted by atomic mass is 28.4. The van der Waals surface area contributed by atoms with Crippen LogP contribution in [-0.2, 0) is 47.3 Å². The molecular formula is C51H85NO11Si. The molecule has 13 heteroatoms. The van der Waals surface area contributed by atoms with Crippen LogP contribution in [0.25, 0.3) is 0 Å². The molecule has 1 N–H and O–H groups in total. The summed E-state index contributed by atoms with van der Waals surface area (Å²) in [5, 5.41) is 12.2. The zero-order valence-electron chi connectivity index (χ0n) is 41.7. The van der Waals surface area contributed by atoms with Gasteiger partial charge in [-0.1, -0.05) is 72.3 Å². The molecule has 3 aliphatic heterocycles. The number of esters is 1. The predicted octanol–water partition coefficient (Wildman–Crippen LogP) is 9.09. The highest BCUT2D eigenvalue weighted by Gasteiger charge is 2.56. The monoisotopic (exact) mass is 916 g/mol. The minimum Gasteiger partial charge on any atom is -0.456 e. The summed E-state index contributed by atoms with van der Waals surface area (Å²) in [6, 6.07) is -1.04. The third kappa shape index (κ3) is 13.3. The Morgan fingerprint density at radius 3 is 2.27 bits per heavy atom. The van der Waals surface area contributed by atoms with Crippen molar-refractivity contribution in [2.45, 2.75) is 206 Å². The van der Waals surface area contributed by atoms with E-state index in [-0.39, 0.29) is 59.7 Å². The van der Waals surface area contributed by atoms with Gasteiger partial charge in [0.25, 0.3) is 11.7 Å². The van der Waals surface area contributed by atoms with Crippen LogP contribution in [0.4, 0.5) is 0 Å². The van der Waals surface area contributed by atoms with Gasteiger partial charge in [-0.05, 0) is 126 Å². The van der Waals surface area contributed by atoms with Crippen molar-refractivity contribution in [1.29, 1.82) is 0 Å². The first-order valence-corrected chi connectivity index (χ1v) is 27.2. The molecule has 4 rings (SSSR count). The van der Waals surface area contributed by atoms with E-state index in [1.165, 1.54) is 4.90 Å².